The molecular weight excluding hydrogens is 376 g/mol. The zero-order valence-electron chi connectivity index (χ0n) is 13.2. The van der Waals surface area contributed by atoms with Gasteiger partial charge in [0.15, 0.2) is 0 Å². The zero-order valence-corrected chi connectivity index (χ0v) is 14.8. The van der Waals surface area contributed by atoms with Crippen molar-refractivity contribution in [3.8, 4) is 5.69 Å². The maximum absolute atomic E-state index is 12.4. The summed E-state index contributed by atoms with van der Waals surface area (Å²) in [5.74, 6) is -2.64. The number of aromatic carboxylic acids is 1. The Kier molecular flexibility index (Phi) is 4.92. The van der Waals surface area contributed by atoms with E-state index in [9.17, 15) is 14.4 Å². The highest BCUT2D eigenvalue weighted by molar-refractivity contribution is 8.26. The van der Waals surface area contributed by atoms with Crippen molar-refractivity contribution in [1.29, 1.82) is 0 Å². The first-order valence-corrected chi connectivity index (χ1v) is 8.57. The van der Waals surface area contributed by atoms with Gasteiger partial charge in [0.2, 0.25) is 0 Å². The molecule has 1 aliphatic heterocycles. The molecule has 132 valence electrons. The zero-order chi connectivity index (χ0) is 18.8. The molecule has 1 aromatic carbocycles. The first kappa shape index (κ1) is 17.9. The maximum Gasteiger partial charge on any atom is 0.335 e. The number of rotatable bonds is 5. The first-order chi connectivity index (χ1) is 12.4. The van der Waals surface area contributed by atoms with Crippen LogP contribution in [0.3, 0.4) is 0 Å². The van der Waals surface area contributed by atoms with Crippen LogP contribution < -0.4 is 0 Å². The van der Waals surface area contributed by atoms with E-state index in [-0.39, 0.29) is 9.88 Å². The van der Waals surface area contributed by atoms with E-state index in [4.69, 9.17) is 22.4 Å². The summed E-state index contributed by atoms with van der Waals surface area (Å²) < 4.78 is 1.92. The number of nitrogens with zero attached hydrogens (tertiary/aromatic N) is 2. The highest BCUT2D eigenvalue weighted by Crippen LogP contribution is 2.32. The Hall–Kier alpha value is -2.91. The maximum atomic E-state index is 12.4. The van der Waals surface area contributed by atoms with E-state index < -0.39 is 24.4 Å². The third kappa shape index (κ3) is 3.53. The molecule has 0 spiro atoms. The molecule has 9 heteroatoms. The highest BCUT2D eigenvalue weighted by atomic mass is 32.2. The minimum Gasteiger partial charge on any atom is -0.480 e. The Morgan fingerprint density at radius 3 is 2.65 bits per heavy atom. The summed E-state index contributed by atoms with van der Waals surface area (Å²) in [5.41, 5.74) is 1.42. The van der Waals surface area contributed by atoms with Crippen molar-refractivity contribution in [2.75, 3.05) is 6.54 Å². The highest BCUT2D eigenvalue weighted by Gasteiger charge is 2.33. The smallest absolute Gasteiger partial charge is 0.335 e. The number of benzene rings is 1. The quantitative estimate of drug-likeness (QED) is 0.599. The monoisotopic (exact) mass is 388 g/mol. The number of hydrogen-bond acceptors (Lipinski definition) is 5. The van der Waals surface area contributed by atoms with E-state index in [1.54, 1.807) is 41.1 Å². The van der Waals surface area contributed by atoms with Crippen LogP contribution in [0.2, 0.25) is 0 Å². The number of thiocarbonyl (C=S) groups is 1. The summed E-state index contributed by atoms with van der Waals surface area (Å²) in [5, 5.41) is 18.0. The molecule has 1 aliphatic rings. The van der Waals surface area contributed by atoms with Gasteiger partial charge in [0.25, 0.3) is 5.91 Å². The van der Waals surface area contributed by atoms with Gasteiger partial charge in [-0.3, -0.25) is 14.5 Å². The van der Waals surface area contributed by atoms with Crippen LogP contribution in [0, 0.1) is 0 Å². The fourth-order valence-corrected chi connectivity index (χ4v) is 3.68. The van der Waals surface area contributed by atoms with E-state index >= 15 is 0 Å². The second-order valence-corrected chi connectivity index (χ2v) is 7.00. The van der Waals surface area contributed by atoms with Crippen molar-refractivity contribution in [2.24, 2.45) is 0 Å². The molecular formula is C17H12N2O5S2. The van der Waals surface area contributed by atoms with Crippen LogP contribution in [0.25, 0.3) is 11.8 Å². The Balaban J connectivity index is 1.95. The van der Waals surface area contributed by atoms with Crippen molar-refractivity contribution >= 4 is 52.2 Å². The Morgan fingerprint density at radius 2 is 1.96 bits per heavy atom. The molecule has 3 rings (SSSR count). The fourth-order valence-electron chi connectivity index (χ4n) is 2.44. The SMILES string of the molecule is O=C(O)CN1C(=O)/C(=C/c2cccn2-c2cccc(C(=O)O)c2)SC1=S. The van der Waals surface area contributed by atoms with Crippen LogP contribution in [-0.2, 0) is 9.59 Å². The van der Waals surface area contributed by atoms with Gasteiger partial charge in [-0.2, -0.15) is 0 Å². The van der Waals surface area contributed by atoms with Crippen LogP contribution in [0.15, 0.2) is 47.5 Å². The molecule has 0 saturated carbocycles. The molecule has 1 saturated heterocycles. The topological polar surface area (TPSA) is 99.8 Å². The standard InChI is InChI=1S/C17H12N2O5S2/c20-14(21)9-19-15(22)13(26-17(19)25)8-12-5-2-6-18(12)11-4-1-3-10(7-11)16(23)24/h1-8H,9H2,(H,20,21)(H,23,24)/b13-8-. The van der Waals surface area contributed by atoms with Crippen molar-refractivity contribution in [1.82, 2.24) is 9.47 Å². The van der Waals surface area contributed by atoms with E-state index in [0.29, 0.717) is 16.3 Å². The molecule has 1 aromatic heterocycles. The number of aliphatic carboxylic acids is 1. The van der Waals surface area contributed by atoms with Crippen LogP contribution in [0.5, 0.6) is 0 Å². The molecule has 0 unspecified atom stereocenters. The molecule has 0 aliphatic carbocycles. The number of carbonyl (C=O) groups is 3. The summed E-state index contributed by atoms with van der Waals surface area (Å²) in [6.07, 6.45) is 3.35. The minimum absolute atomic E-state index is 0.148. The summed E-state index contributed by atoms with van der Waals surface area (Å²) in [6.45, 7) is -0.482. The lowest BCUT2D eigenvalue weighted by Crippen LogP contribution is -2.33. The van der Waals surface area contributed by atoms with Gasteiger partial charge in [-0.05, 0) is 36.4 Å². The first-order valence-electron chi connectivity index (χ1n) is 7.35. The fraction of sp³-hybridized carbons (Fsp3) is 0.0588. The van der Waals surface area contributed by atoms with Gasteiger partial charge >= 0.3 is 11.9 Å². The third-order valence-electron chi connectivity index (χ3n) is 3.60. The Bertz CT molecular complexity index is 964. The van der Waals surface area contributed by atoms with Crippen LogP contribution in [-0.4, -0.2) is 48.4 Å². The number of amides is 1. The molecule has 0 atom stereocenters. The van der Waals surface area contributed by atoms with E-state index in [2.05, 4.69) is 0 Å². The third-order valence-corrected chi connectivity index (χ3v) is 4.98. The second-order valence-electron chi connectivity index (χ2n) is 5.32. The van der Waals surface area contributed by atoms with Crippen LogP contribution in [0.4, 0.5) is 0 Å². The molecule has 1 amide bonds. The lowest BCUT2D eigenvalue weighted by atomic mass is 10.2. The molecule has 26 heavy (non-hydrogen) atoms. The molecule has 0 radical (unpaired) electrons. The van der Waals surface area contributed by atoms with Gasteiger partial charge in [0.05, 0.1) is 10.5 Å². The van der Waals surface area contributed by atoms with E-state index in [1.165, 1.54) is 12.1 Å². The van der Waals surface area contributed by atoms with Gasteiger partial charge in [-0.25, -0.2) is 4.79 Å². The molecule has 2 N–H and O–H groups in total. The van der Waals surface area contributed by atoms with Crippen LogP contribution >= 0.6 is 24.0 Å². The lowest BCUT2D eigenvalue weighted by Gasteiger charge is -2.10. The predicted octanol–water partition coefficient (Wildman–Crippen LogP) is 2.46. The predicted molar refractivity (Wildman–Crippen MR) is 100 cm³/mol. The summed E-state index contributed by atoms with van der Waals surface area (Å²) in [6, 6.07) is 9.92. The molecule has 1 fully saturated rings. The minimum atomic E-state index is -1.14. The molecule has 2 aromatic rings. The number of hydrogen-bond donors (Lipinski definition) is 2. The number of carboxylic acids is 2. The number of carbonyl (C=O) groups excluding carboxylic acids is 1. The van der Waals surface area contributed by atoms with Crippen molar-refractivity contribution < 1.29 is 24.6 Å². The number of thioether (sulfide) groups is 1. The van der Waals surface area contributed by atoms with Crippen molar-refractivity contribution in [2.45, 2.75) is 0 Å². The molecule has 2 heterocycles. The molecule has 0 bridgehead atoms. The van der Waals surface area contributed by atoms with E-state index in [1.807, 2.05) is 0 Å². The average Bonchev–Trinajstić information content (AvgIpc) is 3.15. The van der Waals surface area contributed by atoms with Crippen molar-refractivity contribution in [3.63, 3.8) is 0 Å². The number of carboxylic acid groups (broad SMARTS) is 2. The second kappa shape index (κ2) is 7.14. The molecule has 7 nitrogen and oxygen atoms in total. The van der Waals surface area contributed by atoms with E-state index in [0.717, 1.165) is 16.7 Å². The lowest BCUT2D eigenvalue weighted by molar-refractivity contribution is -0.140. The summed E-state index contributed by atoms with van der Waals surface area (Å²) in [4.78, 5) is 35.7. The summed E-state index contributed by atoms with van der Waals surface area (Å²) >= 11 is 6.10. The van der Waals surface area contributed by atoms with Crippen molar-refractivity contribution in [3.05, 3.63) is 58.8 Å². The van der Waals surface area contributed by atoms with Gasteiger partial charge < -0.3 is 14.8 Å². The van der Waals surface area contributed by atoms with Gasteiger partial charge in [0.1, 0.15) is 10.9 Å². The van der Waals surface area contributed by atoms with Gasteiger partial charge in [-0.1, -0.05) is 30.0 Å². The number of aromatic nitrogens is 1. The van der Waals surface area contributed by atoms with Crippen LogP contribution in [0.1, 0.15) is 16.1 Å². The van der Waals surface area contributed by atoms with Gasteiger partial charge in [0, 0.05) is 17.6 Å². The largest absolute Gasteiger partial charge is 0.480 e. The normalized spacial score (nSPS) is 15.7. The average molecular weight is 388 g/mol. The Morgan fingerprint density at radius 1 is 1.19 bits per heavy atom. The Labute approximate surface area is 157 Å². The van der Waals surface area contributed by atoms with Gasteiger partial charge in [-0.15, -0.1) is 0 Å². The summed E-state index contributed by atoms with van der Waals surface area (Å²) in [7, 11) is 0.